The highest BCUT2D eigenvalue weighted by Crippen LogP contribution is 2.36. The Labute approximate surface area is 133 Å². The van der Waals surface area contributed by atoms with E-state index in [9.17, 15) is 23.3 Å². The summed E-state index contributed by atoms with van der Waals surface area (Å²) in [7, 11) is 0. The molecule has 0 aliphatic carbocycles. The van der Waals surface area contributed by atoms with Crippen LogP contribution in [0, 0.1) is 10.1 Å². The van der Waals surface area contributed by atoms with Crippen LogP contribution in [-0.2, 0) is 0 Å². The SMILES string of the molecule is O=[N+]([O-])c1cc([C@H](CC(F)(F)F)N2CCNCC2)ccc1Br. The largest absolute Gasteiger partial charge is 0.390 e. The van der Waals surface area contributed by atoms with Crippen molar-refractivity contribution in [3.63, 3.8) is 0 Å². The number of alkyl halides is 3. The molecule has 1 aromatic carbocycles. The van der Waals surface area contributed by atoms with Gasteiger partial charge in [-0.3, -0.25) is 15.0 Å². The van der Waals surface area contributed by atoms with E-state index in [1.165, 1.54) is 18.2 Å². The van der Waals surface area contributed by atoms with E-state index in [1.54, 1.807) is 4.90 Å². The molecule has 1 aliphatic heterocycles. The molecule has 2 rings (SSSR count). The Kier molecular flexibility index (Phi) is 5.41. The molecule has 1 aliphatic rings. The molecule has 1 heterocycles. The molecule has 1 atom stereocenters. The van der Waals surface area contributed by atoms with Crippen molar-refractivity contribution in [2.75, 3.05) is 26.2 Å². The molecule has 9 heteroatoms. The molecule has 1 aromatic rings. The Morgan fingerprint density at radius 3 is 2.55 bits per heavy atom. The first-order valence-corrected chi connectivity index (χ1v) is 7.52. The highest BCUT2D eigenvalue weighted by molar-refractivity contribution is 9.10. The summed E-state index contributed by atoms with van der Waals surface area (Å²) < 4.78 is 39.0. The third-order valence-corrected chi connectivity index (χ3v) is 4.24. The van der Waals surface area contributed by atoms with Crippen molar-refractivity contribution in [2.45, 2.75) is 18.6 Å². The number of piperazine rings is 1. The number of rotatable bonds is 4. The predicted octanol–water partition coefficient (Wildman–Crippen LogP) is 3.26. The van der Waals surface area contributed by atoms with Crippen LogP contribution in [0.2, 0.25) is 0 Å². The van der Waals surface area contributed by atoms with E-state index in [2.05, 4.69) is 21.2 Å². The first kappa shape index (κ1) is 17.2. The van der Waals surface area contributed by atoms with Crippen LogP contribution < -0.4 is 5.32 Å². The van der Waals surface area contributed by atoms with E-state index in [4.69, 9.17) is 0 Å². The summed E-state index contributed by atoms with van der Waals surface area (Å²) in [6.07, 6.45) is -5.36. The molecule has 0 aromatic heterocycles. The Bertz CT molecular complexity index is 548. The molecule has 0 spiro atoms. The van der Waals surface area contributed by atoms with E-state index in [1.807, 2.05) is 0 Å². The summed E-state index contributed by atoms with van der Waals surface area (Å²) in [5.41, 5.74) is 0.0916. The number of halogens is 4. The van der Waals surface area contributed by atoms with Crippen LogP contribution in [0.5, 0.6) is 0 Å². The normalized spacial score (nSPS) is 18.2. The number of hydrogen-bond donors (Lipinski definition) is 1. The molecule has 0 radical (unpaired) electrons. The summed E-state index contributed by atoms with van der Waals surface area (Å²) in [5.74, 6) is 0. The van der Waals surface area contributed by atoms with Crippen molar-refractivity contribution in [2.24, 2.45) is 0 Å². The third kappa shape index (κ3) is 4.40. The minimum absolute atomic E-state index is 0.222. The summed E-state index contributed by atoms with van der Waals surface area (Å²) in [5, 5.41) is 14.1. The molecular formula is C13H15BrF3N3O2. The summed E-state index contributed by atoms with van der Waals surface area (Å²) in [4.78, 5) is 12.1. The summed E-state index contributed by atoms with van der Waals surface area (Å²) >= 11 is 3.05. The van der Waals surface area contributed by atoms with Gasteiger partial charge in [-0.15, -0.1) is 0 Å². The molecule has 0 bridgehead atoms. The van der Waals surface area contributed by atoms with Gasteiger partial charge in [0.15, 0.2) is 0 Å². The highest BCUT2D eigenvalue weighted by atomic mass is 79.9. The van der Waals surface area contributed by atoms with Gasteiger partial charge in [0, 0.05) is 38.3 Å². The van der Waals surface area contributed by atoms with Gasteiger partial charge in [-0.1, -0.05) is 6.07 Å². The van der Waals surface area contributed by atoms with Gasteiger partial charge < -0.3 is 5.32 Å². The number of nitro benzene ring substituents is 1. The molecule has 1 fully saturated rings. The fraction of sp³-hybridized carbons (Fsp3) is 0.538. The lowest BCUT2D eigenvalue weighted by molar-refractivity contribution is -0.385. The lowest BCUT2D eigenvalue weighted by Crippen LogP contribution is -2.46. The number of hydrogen-bond acceptors (Lipinski definition) is 4. The zero-order valence-electron chi connectivity index (χ0n) is 11.6. The minimum atomic E-state index is -4.34. The first-order valence-electron chi connectivity index (χ1n) is 6.73. The number of nitrogens with one attached hydrogen (secondary N) is 1. The van der Waals surface area contributed by atoms with Crippen molar-refractivity contribution in [1.29, 1.82) is 0 Å². The molecule has 5 nitrogen and oxygen atoms in total. The van der Waals surface area contributed by atoms with Crippen LogP contribution in [-0.4, -0.2) is 42.2 Å². The molecule has 0 saturated carbocycles. The third-order valence-electron chi connectivity index (χ3n) is 3.57. The number of benzene rings is 1. The zero-order valence-corrected chi connectivity index (χ0v) is 13.2. The summed E-state index contributed by atoms with van der Waals surface area (Å²) in [6.45, 7) is 2.16. The quantitative estimate of drug-likeness (QED) is 0.642. The maximum Gasteiger partial charge on any atom is 0.390 e. The Morgan fingerprint density at radius 1 is 1.36 bits per heavy atom. The number of nitro groups is 1. The van der Waals surface area contributed by atoms with Gasteiger partial charge in [0.2, 0.25) is 0 Å². The highest BCUT2D eigenvalue weighted by Gasteiger charge is 2.36. The van der Waals surface area contributed by atoms with Gasteiger partial charge in [0.05, 0.1) is 15.8 Å². The summed E-state index contributed by atoms with van der Waals surface area (Å²) in [6, 6.07) is 3.26. The van der Waals surface area contributed by atoms with Crippen molar-refractivity contribution < 1.29 is 18.1 Å². The van der Waals surface area contributed by atoms with Crippen molar-refractivity contribution in [3.05, 3.63) is 38.3 Å². The molecule has 0 amide bonds. The maximum atomic E-state index is 12.9. The second kappa shape index (κ2) is 6.93. The van der Waals surface area contributed by atoms with Crippen LogP contribution >= 0.6 is 15.9 Å². The van der Waals surface area contributed by atoms with E-state index >= 15 is 0 Å². The van der Waals surface area contributed by atoms with Crippen LogP contribution in [0.1, 0.15) is 18.0 Å². The van der Waals surface area contributed by atoms with Crippen LogP contribution in [0.25, 0.3) is 0 Å². The van der Waals surface area contributed by atoms with E-state index in [-0.39, 0.29) is 10.2 Å². The van der Waals surface area contributed by atoms with E-state index in [0.717, 1.165) is 0 Å². The average Bonchev–Trinajstić information content (AvgIpc) is 2.45. The fourth-order valence-electron chi connectivity index (χ4n) is 2.55. The lowest BCUT2D eigenvalue weighted by Gasteiger charge is -2.35. The van der Waals surface area contributed by atoms with Gasteiger partial charge in [0.25, 0.3) is 5.69 Å². The molecule has 22 heavy (non-hydrogen) atoms. The van der Waals surface area contributed by atoms with Gasteiger partial charge in [-0.25, -0.2) is 0 Å². The number of nitrogens with zero attached hydrogens (tertiary/aromatic N) is 2. The van der Waals surface area contributed by atoms with E-state index < -0.39 is 23.6 Å². The topological polar surface area (TPSA) is 58.4 Å². The molecular weight excluding hydrogens is 367 g/mol. The van der Waals surface area contributed by atoms with Crippen LogP contribution in [0.15, 0.2) is 22.7 Å². The smallest absolute Gasteiger partial charge is 0.314 e. The molecule has 1 N–H and O–H groups in total. The standard InChI is InChI=1S/C13H15BrF3N3O2/c14-10-2-1-9(7-11(10)20(21)22)12(8-13(15,16)17)19-5-3-18-4-6-19/h1-2,7,12,18H,3-6,8H2/t12-/m0/s1. The Hall–Kier alpha value is -1.19. The predicted molar refractivity (Wildman–Crippen MR) is 78.7 cm³/mol. The Morgan fingerprint density at radius 2 is 2.00 bits per heavy atom. The molecule has 0 unspecified atom stereocenters. The monoisotopic (exact) mass is 381 g/mol. The Balaban J connectivity index is 2.35. The van der Waals surface area contributed by atoms with Gasteiger partial charge >= 0.3 is 6.18 Å². The average molecular weight is 382 g/mol. The minimum Gasteiger partial charge on any atom is -0.314 e. The first-order chi connectivity index (χ1) is 10.3. The second-order valence-electron chi connectivity index (χ2n) is 5.09. The fourth-order valence-corrected chi connectivity index (χ4v) is 2.94. The lowest BCUT2D eigenvalue weighted by atomic mass is 10.00. The van der Waals surface area contributed by atoms with Gasteiger partial charge in [0.1, 0.15) is 0 Å². The van der Waals surface area contributed by atoms with E-state index in [0.29, 0.717) is 31.7 Å². The van der Waals surface area contributed by atoms with Crippen molar-refractivity contribution >= 4 is 21.6 Å². The van der Waals surface area contributed by atoms with Crippen LogP contribution in [0.4, 0.5) is 18.9 Å². The van der Waals surface area contributed by atoms with Gasteiger partial charge in [-0.2, -0.15) is 13.2 Å². The van der Waals surface area contributed by atoms with Crippen LogP contribution in [0.3, 0.4) is 0 Å². The zero-order chi connectivity index (χ0) is 16.3. The second-order valence-corrected chi connectivity index (χ2v) is 5.94. The molecule has 122 valence electrons. The van der Waals surface area contributed by atoms with Gasteiger partial charge in [-0.05, 0) is 27.6 Å². The van der Waals surface area contributed by atoms with Crippen molar-refractivity contribution in [3.8, 4) is 0 Å². The molecule has 1 saturated heterocycles. The van der Waals surface area contributed by atoms with Crippen molar-refractivity contribution in [1.82, 2.24) is 10.2 Å². The maximum absolute atomic E-state index is 12.9.